The first-order valence-electron chi connectivity index (χ1n) is 11.1. The van der Waals surface area contributed by atoms with E-state index >= 15 is 4.39 Å². The van der Waals surface area contributed by atoms with Gasteiger partial charge in [-0.05, 0) is 42.3 Å². The number of halogens is 2. The molecule has 2 aromatic heterocycles. The van der Waals surface area contributed by atoms with E-state index in [1.165, 1.54) is 30.5 Å². The number of aromatic nitrogens is 3. The van der Waals surface area contributed by atoms with Gasteiger partial charge in [0, 0.05) is 22.7 Å². The van der Waals surface area contributed by atoms with Crippen molar-refractivity contribution in [3.05, 3.63) is 54.5 Å². The molecule has 0 aliphatic heterocycles. The van der Waals surface area contributed by atoms with Crippen molar-refractivity contribution in [2.75, 3.05) is 41.8 Å². The molecule has 6 N–H and O–H groups in total. The number of nitrogens with zero attached hydrogens (tertiary/aromatic N) is 3. The summed E-state index contributed by atoms with van der Waals surface area (Å²) in [5.41, 5.74) is 12.8. The number of benzene rings is 2. The van der Waals surface area contributed by atoms with Crippen LogP contribution in [0, 0.1) is 5.82 Å². The highest BCUT2D eigenvalue weighted by Crippen LogP contribution is 2.37. The summed E-state index contributed by atoms with van der Waals surface area (Å²) in [4.78, 5) is 12.9. The largest absolute Gasteiger partial charge is 0.489 e. The van der Waals surface area contributed by atoms with E-state index in [4.69, 9.17) is 16.2 Å². The van der Waals surface area contributed by atoms with Crippen molar-refractivity contribution in [2.45, 2.75) is 6.42 Å². The van der Waals surface area contributed by atoms with Crippen LogP contribution in [0.15, 0.2) is 48.7 Å². The zero-order valence-corrected chi connectivity index (χ0v) is 20.3. The van der Waals surface area contributed by atoms with Crippen molar-refractivity contribution < 1.29 is 27.0 Å². The maximum atomic E-state index is 15.5. The number of rotatable bonds is 10. The molecule has 37 heavy (non-hydrogen) atoms. The third-order valence-corrected chi connectivity index (χ3v) is 6.67. The van der Waals surface area contributed by atoms with Gasteiger partial charge in [-0.2, -0.15) is 0 Å². The Hall–Kier alpha value is -4.10. The molecule has 0 unspecified atom stereocenters. The van der Waals surface area contributed by atoms with Gasteiger partial charge >= 0.3 is 0 Å². The van der Waals surface area contributed by atoms with Gasteiger partial charge in [0.25, 0.3) is 0 Å². The Bertz CT molecular complexity index is 1540. The Morgan fingerprint density at radius 2 is 1.89 bits per heavy atom. The SMILES string of the molecule is Nc1ccc(-c2nc(N)c3cc(-c4cccc(NS(=O)(=O)CCCF)c4F)cc(OCCO)c3n2)cn1. The average molecular weight is 531 g/mol. The number of nitrogens with one attached hydrogen (secondary N) is 1. The normalized spacial score (nSPS) is 11.5. The highest BCUT2D eigenvalue weighted by Gasteiger charge is 2.19. The fourth-order valence-corrected chi connectivity index (χ4v) is 4.69. The second kappa shape index (κ2) is 10.9. The van der Waals surface area contributed by atoms with Crippen molar-refractivity contribution in [3.8, 4) is 28.3 Å². The molecule has 194 valence electrons. The first-order valence-corrected chi connectivity index (χ1v) is 12.8. The second-order valence-electron chi connectivity index (χ2n) is 7.98. The van der Waals surface area contributed by atoms with Crippen LogP contribution in [0.5, 0.6) is 5.75 Å². The number of fused-ring (bicyclic) bond motifs is 1. The maximum absolute atomic E-state index is 15.5. The van der Waals surface area contributed by atoms with E-state index in [0.29, 0.717) is 27.8 Å². The number of nitrogens with two attached hydrogens (primary N) is 2. The minimum Gasteiger partial charge on any atom is -0.489 e. The average Bonchev–Trinajstić information content (AvgIpc) is 2.87. The lowest BCUT2D eigenvalue weighted by Crippen LogP contribution is -2.18. The monoisotopic (exact) mass is 530 g/mol. The smallest absolute Gasteiger partial charge is 0.232 e. The molecule has 0 saturated carbocycles. The van der Waals surface area contributed by atoms with E-state index in [0.717, 1.165) is 0 Å². The maximum Gasteiger partial charge on any atom is 0.232 e. The molecule has 13 heteroatoms. The quantitative estimate of drug-likeness (QED) is 0.241. The molecule has 4 rings (SSSR count). The third-order valence-electron chi connectivity index (χ3n) is 5.31. The Labute approximate surface area is 211 Å². The second-order valence-corrected chi connectivity index (χ2v) is 9.82. The Kier molecular flexibility index (Phi) is 7.64. The zero-order chi connectivity index (χ0) is 26.6. The molecular formula is C24H24F2N6O4S. The van der Waals surface area contributed by atoms with Gasteiger partial charge in [0.05, 0.1) is 24.7 Å². The highest BCUT2D eigenvalue weighted by molar-refractivity contribution is 7.92. The Morgan fingerprint density at radius 1 is 1.08 bits per heavy atom. The lowest BCUT2D eigenvalue weighted by atomic mass is 10.0. The molecule has 0 spiro atoms. The minimum absolute atomic E-state index is 0.0488. The van der Waals surface area contributed by atoms with Crippen molar-refractivity contribution in [2.24, 2.45) is 0 Å². The molecule has 0 atom stereocenters. The third kappa shape index (κ3) is 5.84. The fraction of sp³-hybridized carbons (Fsp3) is 0.208. The van der Waals surface area contributed by atoms with Crippen molar-refractivity contribution >= 4 is 38.2 Å². The van der Waals surface area contributed by atoms with Gasteiger partial charge in [0.2, 0.25) is 10.0 Å². The van der Waals surface area contributed by atoms with Crippen LogP contribution < -0.4 is 20.9 Å². The Morgan fingerprint density at radius 3 is 2.59 bits per heavy atom. The van der Waals surface area contributed by atoms with E-state index in [-0.39, 0.29) is 48.3 Å². The van der Waals surface area contributed by atoms with Crippen LogP contribution in [-0.4, -0.2) is 54.1 Å². The van der Waals surface area contributed by atoms with Gasteiger partial charge in [0.15, 0.2) is 11.6 Å². The summed E-state index contributed by atoms with van der Waals surface area (Å²) in [6.07, 6.45) is 1.29. The van der Waals surface area contributed by atoms with Crippen LogP contribution in [0.4, 0.5) is 26.1 Å². The lowest BCUT2D eigenvalue weighted by Gasteiger charge is -2.15. The highest BCUT2D eigenvalue weighted by atomic mass is 32.2. The molecule has 0 saturated heterocycles. The number of pyridine rings is 1. The molecule has 0 bridgehead atoms. The first-order chi connectivity index (χ1) is 17.7. The van der Waals surface area contributed by atoms with E-state index in [1.54, 1.807) is 18.2 Å². The van der Waals surface area contributed by atoms with Gasteiger partial charge in [-0.15, -0.1) is 0 Å². The number of hydrogen-bond donors (Lipinski definition) is 4. The predicted molar refractivity (Wildman–Crippen MR) is 138 cm³/mol. The van der Waals surface area contributed by atoms with Crippen LogP contribution in [0.2, 0.25) is 0 Å². The van der Waals surface area contributed by atoms with E-state index in [1.807, 2.05) is 0 Å². The number of hydrogen-bond acceptors (Lipinski definition) is 9. The zero-order valence-electron chi connectivity index (χ0n) is 19.5. The molecule has 10 nitrogen and oxygen atoms in total. The molecule has 0 aliphatic rings. The van der Waals surface area contributed by atoms with E-state index < -0.39 is 28.3 Å². The Balaban J connectivity index is 1.83. The number of sulfonamides is 1. The van der Waals surface area contributed by atoms with Crippen molar-refractivity contribution in [1.29, 1.82) is 0 Å². The van der Waals surface area contributed by atoms with Gasteiger partial charge in [-0.1, -0.05) is 12.1 Å². The first kappa shape index (κ1) is 26.0. The predicted octanol–water partition coefficient (Wildman–Crippen LogP) is 3.13. The number of aliphatic hydroxyl groups is 1. The summed E-state index contributed by atoms with van der Waals surface area (Å²) >= 11 is 0. The summed E-state index contributed by atoms with van der Waals surface area (Å²) in [5, 5.41) is 9.65. The van der Waals surface area contributed by atoms with E-state index in [9.17, 15) is 17.9 Å². The number of ether oxygens (including phenoxy) is 1. The number of anilines is 3. The number of nitrogen functional groups attached to an aromatic ring is 2. The van der Waals surface area contributed by atoms with Crippen LogP contribution in [0.1, 0.15) is 6.42 Å². The molecule has 2 aromatic carbocycles. The number of aliphatic hydroxyl groups excluding tert-OH is 1. The topological polar surface area (TPSA) is 166 Å². The molecule has 0 fully saturated rings. The summed E-state index contributed by atoms with van der Waals surface area (Å²) in [5.74, 6) is -0.465. The summed E-state index contributed by atoms with van der Waals surface area (Å²) in [6, 6.07) is 10.5. The van der Waals surface area contributed by atoms with Gasteiger partial charge in [-0.25, -0.2) is 27.8 Å². The number of alkyl halides is 1. The van der Waals surface area contributed by atoms with Crippen molar-refractivity contribution in [3.63, 3.8) is 0 Å². The summed E-state index contributed by atoms with van der Waals surface area (Å²) < 4.78 is 60.1. The summed E-state index contributed by atoms with van der Waals surface area (Å²) in [7, 11) is -3.95. The van der Waals surface area contributed by atoms with Gasteiger partial charge in [0.1, 0.15) is 29.5 Å². The molecule has 0 aliphatic carbocycles. The van der Waals surface area contributed by atoms with Gasteiger partial charge in [-0.3, -0.25) is 9.11 Å². The van der Waals surface area contributed by atoms with Crippen LogP contribution in [-0.2, 0) is 10.0 Å². The molecular weight excluding hydrogens is 506 g/mol. The van der Waals surface area contributed by atoms with Crippen LogP contribution in [0.25, 0.3) is 33.4 Å². The van der Waals surface area contributed by atoms with E-state index in [2.05, 4.69) is 19.7 Å². The molecule has 0 radical (unpaired) electrons. The lowest BCUT2D eigenvalue weighted by molar-refractivity contribution is 0.202. The molecule has 2 heterocycles. The fourth-order valence-electron chi connectivity index (χ4n) is 3.61. The minimum atomic E-state index is -3.95. The van der Waals surface area contributed by atoms with Crippen LogP contribution in [0.3, 0.4) is 0 Å². The van der Waals surface area contributed by atoms with Crippen LogP contribution >= 0.6 is 0 Å². The standard InChI is InChI=1S/C24H24F2N6O4S/c25-7-2-10-37(34,35)32-18-4-1-3-16(21(18)26)15-11-17-22(19(12-15)36-9-8-33)30-24(31-23(17)28)14-5-6-20(27)29-13-14/h1,3-6,11-13,32-33H,2,7-10H2,(H2,27,29)(H2,28,30,31). The molecule has 0 amide bonds. The van der Waals surface area contributed by atoms with Gasteiger partial charge < -0.3 is 21.3 Å². The molecule has 4 aromatic rings. The summed E-state index contributed by atoms with van der Waals surface area (Å²) in [6.45, 7) is -1.17. The van der Waals surface area contributed by atoms with Crippen molar-refractivity contribution in [1.82, 2.24) is 15.0 Å².